The number of ether oxygens (including phenoxy) is 2. The lowest BCUT2D eigenvalue weighted by atomic mass is 9.44. The van der Waals surface area contributed by atoms with Crippen LogP contribution in [0.5, 0.6) is 0 Å². The summed E-state index contributed by atoms with van der Waals surface area (Å²) >= 11 is 0. The number of esters is 2. The zero-order chi connectivity index (χ0) is 20.3. The van der Waals surface area contributed by atoms with Gasteiger partial charge in [-0.15, -0.1) is 0 Å². The van der Waals surface area contributed by atoms with Crippen molar-refractivity contribution in [1.82, 2.24) is 0 Å². The summed E-state index contributed by atoms with van der Waals surface area (Å²) in [4.78, 5) is 37.7. The van der Waals surface area contributed by atoms with E-state index in [1.807, 2.05) is 0 Å². The summed E-state index contributed by atoms with van der Waals surface area (Å²) in [6.45, 7) is 5.88. The second-order valence-corrected chi connectivity index (χ2v) is 10.2. The number of carbonyl (C=O) groups excluding carboxylic acids is 3. The van der Waals surface area contributed by atoms with Crippen molar-refractivity contribution < 1.29 is 23.9 Å². The van der Waals surface area contributed by atoms with Crippen LogP contribution < -0.4 is 0 Å². The lowest BCUT2D eigenvalue weighted by Crippen LogP contribution is -2.61. The molecule has 0 aromatic rings. The molecule has 0 unspecified atom stereocenters. The minimum atomic E-state index is -0.446. The predicted octanol–water partition coefficient (Wildman–Crippen LogP) is 3.93. The molecule has 0 amide bonds. The van der Waals surface area contributed by atoms with Gasteiger partial charge >= 0.3 is 11.9 Å². The molecule has 156 valence electrons. The number of methoxy groups -OCH3 is 1. The number of rotatable bonds is 2. The maximum absolute atomic E-state index is 13.1. The van der Waals surface area contributed by atoms with E-state index >= 15 is 0 Å². The Morgan fingerprint density at radius 2 is 1.82 bits per heavy atom. The molecular weight excluding hydrogens is 356 g/mol. The highest BCUT2D eigenvalue weighted by atomic mass is 16.5. The zero-order valence-corrected chi connectivity index (χ0v) is 17.7. The van der Waals surface area contributed by atoms with Gasteiger partial charge < -0.3 is 9.47 Å². The fourth-order valence-corrected chi connectivity index (χ4v) is 7.94. The molecule has 5 heteroatoms. The Kier molecular flexibility index (Phi) is 4.86. The highest BCUT2D eigenvalue weighted by Crippen LogP contribution is 2.67. The minimum absolute atomic E-state index is 0.00132. The second kappa shape index (κ2) is 6.84. The topological polar surface area (TPSA) is 69.7 Å². The summed E-state index contributed by atoms with van der Waals surface area (Å²) in [5.74, 6) is 0.734. The third-order valence-corrected chi connectivity index (χ3v) is 9.23. The molecule has 0 bridgehead atoms. The quantitative estimate of drug-likeness (QED) is 0.668. The smallest absolute Gasteiger partial charge is 0.309 e. The molecule has 4 aliphatic carbocycles. The van der Waals surface area contributed by atoms with E-state index in [4.69, 9.17) is 9.47 Å². The Morgan fingerprint density at radius 1 is 1.07 bits per heavy atom. The fraction of sp³-hybridized carbons (Fsp3) is 0.870. The molecule has 4 aliphatic rings. The monoisotopic (exact) mass is 390 g/mol. The van der Waals surface area contributed by atoms with Gasteiger partial charge in [-0.25, -0.2) is 0 Å². The van der Waals surface area contributed by atoms with E-state index in [0.29, 0.717) is 24.0 Å². The van der Waals surface area contributed by atoms with Crippen LogP contribution in [-0.4, -0.2) is 30.9 Å². The molecular formula is C23H34O5. The molecule has 0 radical (unpaired) electrons. The lowest BCUT2D eigenvalue weighted by Gasteiger charge is -2.61. The van der Waals surface area contributed by atoms with Gasteiger partial charge in [0.05, 0.1) is 13.0 Å². The maximum Gasteiger partial charge on any atom is 0.309 e. The van der Waals surface area contributed by atoms with Crippen LogP contribution in [0, 0.1) is 40.4 Å². The van der Waals surface area contributed by atoms with Gasteiger partial charge in [0.1, 0.15) is 11.9 Å². The molecule has 0 heterocycles. The van der Waals surface area contributed by atoms with Gasteiger partial charge in [-0.05, 0) is 55.3 Å². The van der Waals surface area contributed by atoms with Gasteiger partial charge in [-0.1, -0.05) is 26.7 Å². The largest absolute Gasteiger partial charge is 0.469 e. The van der Waals surface area contributed by atoms with Crippen molar-refractivity contribution in [3.8, 4) is 0 Å². The zero-order valence-electron chi connectivity index (χ0n) is 17.7. The summed E-state index contributed by atoms with van der Waals surface area (Å²) in [6, 6.07) is 0. The summed E-state index contributed by atoms with van der Waals surface area (Å²) in [7, 11) is 1.43. The maximum atomic E-state index is 13.1. The highest BCUT2D eigenvalue weighted by molar-refractivity contribution is 5.83. The van der Waals surface area contributed by atoms with Crippen molar-refractivity contribution >= 4 is 17.7 Å². The van der Waals surface area contributed by atoms with Crippen molar-refractivity contribution in [2.75, 3.05) is 7.11 Å². The van der Waals surface area contributed by atoms with E-state index in [-0.39, 0.29) is 41.2 Å². The molecule has 4 rings (SSSR count). The van der Waals surface area contributed by atoms with Gasteiger partial charge in [0, 0.05) is 24.7 Å². The Hall–Kier alpha value is -1.39. The van der Waals surface area contributed by atoms with E-state index < -0.39 is 5.41 Å². The third-order valence-electron chi connectivity index (χ3n) is 9.23. The molecule has 0 saturated heterocycles. The first-order valence-corrected chi connectivity index (χ1v) is 11.0. The molecule has 4 fully saturated rings. The number of carbonyl (C=O) groups is 3. The van der Waals surface area contributed by atoms with Crippen LogP contribution in [0.2, 0.25) is 0 Å². The predicted molar refractivity (Wildman–Crippen MR) is 103 cm³/mol. The van der Waals surface area contributed by atoms with Crippen LogP contribution in [0.4, 0.5) is 0 Å². The number of hydrogen-bond acceptors (Lipinski definition) is 5. The summed E-state index contributed by atoms with van der Waals surface area (Å²) < 4.78 is 11.0. The molecule has 8 atom stereocenters. The number of Topliss-reactive ketones (excluding diaryl/α,β-unsaturated/α-hetero) is 1. The van der Waals surface area contributed by atoms with Gasteiger partial charge in [-0.3, -0.25) is 14.4 Å². The average molecular weight is 391 g/mol. The van der Waals surface area contributed by atoms with E-state index in [1.165, 1.54) is 20.5 Å². The van der Waals surface area contributed by atoms with Crippen LogP contribution in [0.15, 0.2) is 0 Å². The average Bonchev–Trinajstić information content (AvgIpc) is 3.00. The molecule has 0 aromatic carbocycles. The summed E-state index contributed by atoms with van der Waals surface area (Å²) in [5, 5.41) is 0. The van der Waals surface area contributed by atoms with Gasteiger partial charge in [0.15, 0.2) is 0 Å². The number of ketones is 1. The first-order chi connectivity index (χ1) is 13.2. The van der Waals surface area contributed by atoms with Crippen LogP contribution in [-0.2, 0) is 23.9 Å². The number of fused-ring (bicyclic) bond motifs is 5. The first kappa shape index (κ1) is 19.9. The van der Waals surface area contributed by atoms with Crippen LogP contribution in [0.3, 0.4) is 0 Å². The third kappa shape index (κ3) is 2.68. The van der Waals surface area contributed by atoms with Gasteiger partial charge in [0.25, 0.3) is 0 Å². The van der Waals surface area contributed by atoms with Crippen LogP contribution >= 0.6 is 0 Å². The van der Waals surface area contributed by atoms with Gasteiger partial charge in [-0.2, -0.15) is 0 Å². The first-order valence-electron chi connectivity index (χ1n) is 11.0. The molecule has 0 N–H and O–H groups in total. The standard InChI is InChI=1S/C23H34O5/c1-13(24)28-20-12-18-14(11-19(25)16-7-5-6-10-22(16,18)2)15-8-9-17(21(26)27-4)23(15,20)3/h14-18,20H,5-12H2,1-4H3/t14-,15+,16+,17-,18-,20-,22-,23+/m0/s1. The normalized spacial score (nSPS) is 47.5. The van der Waals surface area contributed by atoms with Crippen molar-refractivity contribution in [2.24, 2.45) is 40.4 Å². The second-order valence-electron chi connectivity index (χ2n) is 10.2. The minimum Gasteiger partial charge on any atom is -0.469 e. The van der Waals surface area contributed by atoms with Gasteiger partial charge in [0.2, 0.25) is 0 Å². The summed E-state index contributed by atoms with van der Waals surface area (Å²) in [5.41, 5.74) is -0.445. The van der Waals surface area contributed by atoms with E-state index in [2.05, 4.69) is 13.8 Å². The summed E-state index contributed by atoms with van der Waals surface area (Å²) in [6.07, 6.45) is 7.18. The van der Waals surface area contributed by atoms with E-state index in [1.54, 1.807) is 0 Å². The Bertz CT molecular complexity index is 686. The number of hydrogen-bond donors (Lipinski definition) is 0. The lowest BCUT2D eigenvalue weighted by molar-refractivity contribution is -0.196. The highest BCUT2D eigenvalue weighted by Gasteiger charge is 2.66. The van der Waals surface area contributed by atoms with Crippen molar-refractivity contribution in [3.63, 3.8) is 0 Å². The van der Waals surface area contributed by atoms with Crippen LogP contribution in [0.25, 0.3) is 0 Å². The van der Waals surface area contributed by atoms with Crippen LogP contribution in [0.1, 0.15) is 72.1 Å². The van der Waals surface area contributed by atoms with E-state index in [0.717, 1.165) is 38.5 Å². The Morgan fingerprint density at radius 3 is 2.50 bits per heavy atom. The molecule has 28 heavy (non-hydrogen) atoms. The van der Waals surface area contributed by atoms with Crippen molar-refractivity contribution in [2.45, 2.75) is 78.2 Å². The molecule has 0 aliphatic heterocycles. The van der Waals surface area contributed by atoms with E-state index in [9.17, 15) is 14.4 Å². The Balaban J connectivity index is 1.75. The fourth-order valence-electron chi connectivity index (χ4n) is 7.94. The Labute approximate surface area is 167 Å². The molecule has 4 saturated carbocycles. The molecule has 5 nitrogen and oxygen atoms in total. The molecule has 0 spiro atoms. The van der Waals surface area contributed by atoms with Crippen molar-refractivity contribution in [3.05, 3.63) is 0 Å². The van der Waals surface area contributed by atoms with Crippen molar-refractivity contribution in [1.29, 1.82) is 0 Å². The molecule has 0 aromatic heterocycles. The SMILES string of the molecule is COC(=O)[C@@H]1CC[C@@H]2[C@@H]3CC(=O)[C@H]4CCCC[C@]4(C)[C@H]3C[C@H](OC(C)=O)[C@]21C.